The Morgan fingerprint density at radius 1 is 1.41 bits per heavy atom. The zero-order chi connectivity index (χ0) is 12.0. The third-order valence-electron chi connectivity index (χ3n) is 3.37. The lowest BCUT2D eigenvalue weighted by Crippen LogP contribution is -2.37. The SMILES string of the molecule is Cc1[nH]c2ccccc2c1NC(=O)C1(N)CC1. The van der Waals surface area contributed by atoms with Gasteiger partial charge >= 0.3 is 0 Å². The summed E-state index contributed by atoms with van der Waals surface area (Å²) in [5.41, 5.74) is 8.09. The van der Waals surface area contributed by atoms with Crippen molar-refractivity contribution < 1.29 is 4.79 Å². The Morgan fingerprint density at radius 3 is 2.82 bits per heavy atom. The van der Waals surface area contributed by atoms with Crippen LogP contribution in [0.3, 0.4) is 0 Å². The van der Waals surface area contributed by atoms with Gasteiger partial charge in [0.05, 0.1) is 11.2 Å². The van der Waals surface area contributed by atoms with Crippen molar-refractivity contribution in [2.45, 2.75) is 25.3 Å². The summed E-state index contributed by atoms with van der Waals surface area (Å²) in [6, 6.07) is 7.91. The first-order valence-corrected chi connectivity index (χ1v) is 5.78. The fourth-order valence-electron chi connectivity index (χ4n) is 2.04. The van der Waals surface area contributed by atoms with E-state index < -0.39 is 5.54 Å². The molecule has 0 spiro atoms. The maximum Gasteiger partial charge on any atom is 0.244 e. The van der Waals surface area contributed by atoms with E-state index >= 15 is 0 Å². The van der Waals surface area contributed by atoms with Gasteiger partial charge in [0.15, 0.2) is 0 Å². The number of aromatic amines is 1. The number of H-pyrrole nitrogens is 1. The number of carbonyl (C=O) groups is 1. The summed E-state index contributed by atoms with van der Waals surface area (Å²) in [5, 5.41) is 3.97. The lowest BCUT2D eigenvalue weighted by atomic mass is 10.2. The van der Waals surface area contributed by atoms with Crippen LogP contribution in [0.2, 0.25) is 0 Å². The second-order valence-electron chi connectivity index (χ2n) is 4.78. The Bertz CT molecular complexity index is 596. The molecule has 0 bridgehead atoms. The summed E-state index contributed by atoms with van der Waals surface area (Å²) in [4.78, 5) is 15.2. The highest BCUT2D eigenvalue weighted by molar-refractivity contribution is 6.07. The molecule has 0 unspecified atom stereocenters. The molecule has 0 saturated heterocycles. The van der Waals surface area contributed by atoms with Crippen LogP contribution in [0.4, 0.5) is 5.69 Å². The molecule has 1 fully saturated rings. The highest BCUT2D eigenvalue weighted by atomic mass is 16.2. The average Bonchev–Trinajstić information content (AvgIpc) is 2.98. The van der Waals surface area contributed by atoms with Crippen molar-refractivity contribution in [3.05, 3.63) is 30.0 Å². The summed E-state index contributed by atoms with van der Waals surface area (Å²) in [6.45, 7) is 1.95. The molecule has 0 aliphatic heterocycles. The smallest absolute Gasteiger partial charge is 0.244 e. The molecule has 4 N–H and O–H groups in total. The molecular formula is C13H15N3O. The summed E-state index contributed by atoms with van der Waals surface area (Å²) in [6.07, 6.45) is 1.56. The predicted molar refractivity (Wildman–Crippen MR) is 67.8 cm³/mol. The second kappa shape index (κ2) is 3.34. The van der Waals surface area contributed by atoms with Crippen LogP contribution in [0.15, 0.2) is 24.3 Å². The Morgan fingerprint density at radius 2 is 2.12 bits per heavy atom. The van der Waals surface area contributed by atoms with E-state index in [1.807, 2.05) is 31.2 Å². The Balaban J connectivity index is 1.99. The van der Waals surface area contributed by atoms with Gasteiger partial charge in [-0.15, -0.1) is 0 Å². The van der Waals surface area contributed by atoms with E-state index in [1.165, 1.54) is 0 Å². The molecule has 4 heteroatoms. The number of aryl methyl sites for hydroxylation is 1. The van der Waals surface area contributed by atoms with Gasteiger partial charge in [0.1, 0.15) is 0 Å². The zero-order valence-electron chi connectivity index (χ0n) is 9.71. The van der Waals surface area contributed by atoms with Crippen molar-refractivity contribution in [1.29, 1.82) is 0 Å². The molecule has 1 aromatic heterocycles. The fraction of sp³-hybridized carbons (Fsp3) is 0.308. The highest BCUT2D eigenvalue weighted by Gasteiger charge is 2.46. The topological polar surface area (TPSA) is 70.9 Å². The third-order valence-corrected chi connectivity index (χ3v) is 3.37. The number of fused-ring (bicyclic) bond motifs is 1. The Labute approximate surface area is 99.2 Å². The van der Waals surface area contributed by atoms with Crippen LogP contribution in [0.25, 0.3) is 10.9 Å². The van der Waals surface area contributed by atoms with Crippen LogP contribution in [-0.2, 0) is 4.79 Å². The molecule has 3 rings (SSSR count). The highest BCUT2D eigenvalue weighted by Crippen LogP contribution is 2.35. The second-order valence-corrected chi connectivity index (χ2v) is 4.78. The van der Waals surface area contributed by atoms with Gasteiger partial charge in [-0.2, -0.15) is 0 Å². The van der Waals surface area contributed by atoms with E-state index in [4.69, 9.17) is 5.73 Å². The van der Waals surface area contributed by atoms with Crippen molar-refractivity contribution in [3.63, 3.8) is 0 Å². The number of amides is 1. The zero-order valence-corrected chi connectivity index (χ0v) is 9.71. The maximum atomic E-state index is 11.9. The molecule has 1 aromatic carbocycles. The van der Waals surface area contributed by atoms with Crippen LogP contribution < -0.4 is 11.1 Å². The molecule has 88 valence electrons. The van der Waals surface area contributed by atoms with E-state index in [0.717, 1.165) is 35.1 Å². The number of rotatable bonds is 2. The summed E-state index contributed by atoms with van der Waals surface area (Å²) < 4.78 is 0. The van der Waals surface area contributed by atoms with Crippen molar-refractivity contribution >= 4 is 22.5 Å². The first-order chi connectivity index (χ1) is 8.10. The molecule has 1 heterocycles. The standard InChI is InChI=1S/C13H15N3O/c1-8-11(16-12(17)13(14)6-7-13)9-4-2-3-5-10(9)15-8/h2-5,15H,6-7,14H2,1H3,(H,16,17). The van der Waals surface area contributed by atoms with Gasteiger partial charge in [0, 0.05) is 16.6 Å². The summed E-state index contributed by atoms with van der Waals surface area (Å²) >= 11 is 0. The number of hydrogen-bond acceptors (Lipinski definition) is 2. The number of benzene rings is 1. The van der Waals surface area contributed by atoms with Crippen molar-refractivity contribution in [1.82, 2.24) is 4.98 Å². The van der Waals surface area contributed by atoms with Gasteiger partial charge in [0.2, 0.25) is 5.91 Å². The van der Waals surface area contributed by atoms with Crippen molar-refractivity contribution in [2.75, 3.05) is 5.32 Å². The van der Waals surface area contributed by atoms with Gasteiger partial charge in [-0.3, -0.25) is 4.79 Å². The number of carbonyl (C=O) groups excluding carboxylic acids is 1. The normalized spacial score (nSPS) is 17.1. The van der Waals surface area contributed by atoms with Crippen LogP contribution >= 0.6 is 0 Å². The number of hydrogen-bond donors (Lipinski definition) is 3. The predicted octanol–water partition coefficient (Wildman–Crippen LogP) is 1.91. The van der Waals surface area contributed by atoms with Crippen molar-refractivity contribution in [3.8, 4) is 0 Å². The third kappa shape index (κ3) is 1.61. The lowest BCUT2D eigenvalue weighted by molar-refractivity contribution is -0.118. The monoisotopic (exact) mass is 229 g/mol. The van der Waals surface area contributed by atoms with Gasteiger partial charge in [-0.1, -0.05) is 18.2 Å². The van der Waals surface area contributed by atoms with E-state index in [0.29, 0.717) is 0 Å². The van der Waals surface area contributed by atoms with Crippen molar-refractivity contribution in [2.24, 2.45) is 5.73 Å². The minimum Gasteiger partial charge on any atom is -0.357 e. The largest absolute Gasteiger partial charge is 0.357 e. The Hall–Kier alpha value is -1.81. The molecular weight excluding hydrogens is 214 g/mol. The first-order valence-electron chi connectivity index (χ1n) is 5.78. The van der Waals surface area contributed by atoms with E-state index in [1.54, 1.807) is 0 Å². The quantitative estimate of drug-likeness (QED) is 0.736. The molecule has 0 atom stereocenters. The van der Waals surface area contributed by atoms with Gasteiger partial charge in [-0.05, 0) is 25.8 Å². The Kier molecular flexibility index (Phi) is 2.03. The van der Waals surface area contributed by atoms with Crippen LogP contribution in [0, 0.1) is 6.92 Å². The van der Waals surface area contributed by atoms with Gasteiger partial charge < -0.3 is 16.0 Å². The minimum atomic E-state index is -0.634. The molecule has 4 nitrogen and oxygen atoms in total. The van der Waals surface area contributed by atoms with Crippen LogP contribution in [0.5, 0.6) is 0 Å². The molecule has 1 saturated carbocycles. The average molecular weight is 229 g/mol. The minimum absolute atomic E-state index is 0.0784. The van der Waals surface area contributed by atoms with Crippen LogP contribution in [0.1, 0.15) is 18.5 Å². The maximum absolute atomic E-state index is 11.9. The van der Waals surface area contributed by atoms with E-state index in [-0.39, 0.29) is 5.91 Å². The van der Waals surface area contributed by atoms with E-state index in [9.17, 15) is 4.79 Å². The molecule has 1 aliphatic rings. The molecule has 1 aliphatic carbocycles. The molecule has 0 radical (unpaired) electrons. The number of nitrogens with two attached hydrogens (primary N) is 1. The number of aromatic nitrogens is 1. The van der Waals surface area contributed by atoms with Gasteiger partial charge in [-0.25, -0.2) is 0 Å². The first kappa shape index (κ1) is 10.4. The summed E-state index contributed by atoms with van der Waals surface area (Å²) in [5.74, 6) is -0.0784. The number of nitrogens with one attached hydrogen (secondary N) is 2. The number of para-hydroxylation sites is 1. The summed E-state index contributed by atoms with van der Waals surface area (Å²) in [7, 11) is 0. The fourth-order valence-corrected chi connectivity index (χ4v) is 2.04. The molecule has 2 aromatic rings. The lowest BCUT2D eigenvalue weighted by Gasteiger charge is -2.10. The number of anilines is 1. The van der Waals surface area contributed by atoms with E-state index in [2.05, 4.69) is 10.3 Å². The molecule has 17 heavy (non-hydrogen) atoms. The van der Waals surface area contributed by atoms with Gasteiger partial charge in [0.25, 0.3) is 0 Å². The van der Waals surface area contributed by atoms with Crippen LogP contribution in [-0.4, -0.2) is 16.4 Å². The molecule has 1 amide bonds.